The van der Waals surface area contributed by atoms with E-state index in [1.807, 2.05) is 54.6 Å². The molecule has 232 valence electrons. The van der Waals surface area contributed by atoms with E-state index >= 15 is 0 Å². The van der Waals surface area contributed by atoms with Gasteiger partial charge in [0.05, 0.1) is 19.7 Å². The monoisotopic (exact) mass is 592 g/mol. The van der Waals surface area contributed by atoms with Crippen molar-refractivity contribution in [3.05, 3.63) is 65.7 Å². The summed E-state index contributed by atoms with van der Waals surface area (Å²) in [7, 11) is 3.33. The first-order chi connectivity index (χ1) is 20.8. The smallest absolute Gasteiger partial charge is 0.246 e. The minimum atomic E-state index is -0.894. The summed E-state index contributed by atoms with van der Waals surface area (Å²) in [4.78, 5) is 54.8. The lowest BCUT2D eigenvalue weighted by molar-refractivity contribution is -0.143. The Morgan fingerprint density at radius 1 is 0.977 bits per heavy atom. The van der Waals surface area contributed by atoms with Crippen LogP contribution in [0.4, 0.5) is 0 Å². The van der Waals surface area contributed by atoms with Crippen LogP contribution < -0.4 is 31.7 Å². The van der Waals surface area contributed by atoms with Crippen LogP contribution in [-0.2, 0) is 32.0 Å². The Morgan fingerprint density at radius 2 is 1.70 bits per heavy atom. The summed E-state index contributed by atoms with van der Waals surface area (Å²) in [6, 6.07) is 15.2. The maximum absolute atomic E-state index is 14.2. The Bertz CT molecular complexity index is 1240. The van der Waals surface area contributed by atoms with Gasteiger partial charge in [-0.25, -0.2) is 0 Å². The summed E-state index contributed by atoms with van der Waals surface area (Å²) >= 11 is 0. The van der Waals surface area contributed by atoms with Gasteiger partial charge in [0, 0.05) is 25.0 Å². The predicted octanol–water partition coefficient (Wildman–Crippen LogP) is 0.514. The number of carbonyl (C=O) groups is 4. The van der Waals surface area contributed by atoms with Crippen molar-refractivity contribution in [3.63, 3.8) is 0 Å². The molecule has 0 bridgehead atoms. The number of benzene rings is 2. The van der Waals surface area contributed by atoms with Crippen LogP contribution in [0.2, 0.25) is 0 Å². The van der Waals surface area contributed by atoms with Crippen LogP contribution in [0.5, 0.6) is 5.75 Å². The van der Waals surface area contributed by atoms with Gasteiger partial charge >= 0.3 is 0 Å². The maximum Gasteiger partial charge on any atom is 0.246 e. The molecule has 5 atom stereocenters. The standard InChI is InChI=1S/C32H44N6O5/c1-34-26(18-22-6-4-3-5-7-22)30(40)37-29-23(20-36-28(39)19-33)10-11-24-12-15-27(38(24)32(29)42)31(41)35-17-16-21-8-13-25(43-2)14-9-21/h3-9,13-14,23-24,26-27,29,34H,10-12,15-20,33H2,1-2H3,(H,35,41)(H,36,39)(H,37,40)/t23-,24+,26-,27+,29+/m1/s1. The highest BCUT2D eigenvalue weighted by molar-refractivity contribution is 5.94. The molecule has 6 N–H and O–H groups in total. The van der Waals surface area contributed by atoms with E-state index in [4.69, 9.17) is 10.5 Å². The van der Waals surface area contributed by atoms with Crippen molar-refractivity contribution < 1.29 is 23.9 Å². The van der Waals surface area contributed by atoms with Gasteiger partial charge in [-0.05, 0) is 68.8 Å². The molecule has 11 heteroatoms. The van der Waals surface area contributed by atoms with Gasteiger partial charge in [0.25, 0.3) is 0 Å². The largest absolute Gasteiger partial charge is 0.497 e. The molecule has 2 aliphatic rings. The number of ether oxygens (including phenoxy) is 1. The van der Waals surface area contributed by atoms with Crippen LogP contribution in [0.15, 0.2) is 54.6 Å². The molecule has 2 saturated heterocycles. The number of rotatable bonds is 13. The molecule has 43 heavy (non-hydrogen) atoms. The molecule has 4 amide bonds. The van der Waals surface area contributed by atoms with Gasteiger partial charge in [-0.3, -0.25) is 19.2 Å². The van der Waals surface area contributed by atoms with Crippen molar-refractivity contribution in [2.24, 2.45) is 11.7 Å². The second kappa shape index (κ2) is 15.5. The van der Waals surface area contributed by atoms with E-state index in [0.29, 0.717) is 45.1 Å². The fourth-order valence-corrected chi connectivity index (χ4v) is 6.08. The highest BCUT2D eigenvalue weighted by Gasteiger charge is 2.47. The van der Waals surface area contributed by atoms with Gasteiger partial charge in [0.1, 0.15) is 17.8 Å². The summed E-state index contributed by atoms with van der Waals surface area (Å²) < 4.78 is 5.21. The highest BCUT2D eigenvalue weighted by atomic mass is 16.5. The Balaban J connectivity index is 1.47. The molecule has 11 nitrogen and oxygen atoms in total. The Hall–Kier alpha value is -3.96. The van der Waals surface area contributed by atoms with Crippen molar-refractivity contribution in [2.45, 2.75) is 62.7 Å². The Labute approximate surface area is 253 Å². The van der Waals surface area contributed by atoms with E-state index in [1.165, 1.54) is 0 Å². The summed E-state index contributed by atoms with van der Waals surface area (Å²) in [5.74, 6) is -0.683. The lowest BCUT2D eigenvalue weighted by Gasteiger charge is -2.33. The maximum atomic E-state index is 14.2. The number of hydrogen-bond donors (Lipinski definition) is 5. The Morgan fingerprint density at radius 3 is 2.37 bits per heavy atom. The molecule has 0 spiro atoms. The zero-order chi connectivity index (χ0) is 30.8. The van der Waals surface area contributed by atoms with Gasteiger partial charge in [-0.2, -0.15) is 0 Å². The van der Waals surface area contributed by atoms with Crippen LogP contribution in [0.3, 0.4) is 0 Å². The topological polar surface area (TPSA) is 155 Å². The van der Waals surface area contributed by atoms with E-state index < -0.39 is 18.1 Å². The average molecular weight is 593 g/mol. The molecule has 2 fully saturated rings. The van der Waals surface area contributed by atoms with Crippen molar-refractivity contribution in [3.8, 4) is 5.75 Å². The Kier molecular flexibility index (Phi) is 11.5. The molecule has 0 aromatic heterocycles. The number of likely N-dealkylation sites (N-methyl/N-ethyl adjacent to an activating group) is 1. The number of hydrogen-bond acceptors (Lipinski definition) is 7. The molecule has 0 radical (unpaired) electrons. The number of carbonyl (C=O) groups excluding carboxylic acids is 4. The third-order valence-corrected chi connectivity index (χ3v) is 8.53. The minimum absolute atomic E-state index is 0.108. The van der Waals surface area contributed by atoms with Crippen molar-refractivity contribution in [1.29, 1.82) is 0 Å². The van der Waals surface area contributed by atoms with Gasteiger partial charge in [-0.15, -0.1) is 0 Å². The number of methoxy groups -OCH3 is 1. The third kappa shape index (κ3) is 8.32. The predicted molar refractivity (Wildman–Crippen MR) is 163 cm³/mol. The van der Waals surface area contributed by atoms with Gasteiger partial charge in [0.15, 0.2) is 0 Å². The van der Waals surface area contributed by atoms with E-state index in [-0.39, 0.29) is 48.7 Å². The molecule has 2 aliphatic heterocycles. The molecule has 0 aliphatic carbocycles. The van der Waals surface area contributed by atoms with Crippen molar-refractivity contribution in [2.75, 3.05) is 33.8 Å². The molecular formula is C32H44N6O5. The first kappa shape index (κ1) is 32.0. The van der Waals surface area contributed by atoms with Crippen molar-refractivity contribution in [1.82, 2.24) is 26.2 Å². The van der Waals surface area contributed by atoms with Crippen LogP contribution in [0.25, 0.3) is 0 Å². The van der Waals surface area contributed by atoms with Gasteiger partial charge in [0.2, 0.25) is 23.6 Å². The number of fused-ring (bicyclic) bond motifs is 1. The lowest BCUT2D eigenvalue weighted by atomic mass is 9.92. The van der Waals surface area contributed by atoms with E-state index in [2.05, 4.69) is 21.3 Å². The number of nitrogens with one attached hydrogen (secondary N) is 4. The summed E-state index contributed by atoms with van der Waals surface area (Å²) in [6.07, 6.45) is 3.65. The molecule has 2 heterocycles. The second-order valence-electron chi connectivity index (χ2n) is 11.2. The van der Waals surface area contributed by atoms with Gasteiger partial charge in [-0.1, -0.05) is 42.5 Å². The fraction of sp³-hybridized carbons (Fsp3) is 0.500. The van der Waals surface area contributed by atoms with Crippen LogP contribution in [0, 0.1) is 5.92 Å². The zero-order valence-electron chi connectivity index (χ0n) is 25.0. The molecule has 0 unspecified atom stereocenters. The molecule has 2 aromatic carbocycles. The molecule has 0 saturated carbocycles. The van der Waals surface area contributed by atoms with Crippen LogP contribution in [0.1, 0.15) is 36.8 Å². The fourth-order valence-electron chi connectivity index (χ4n) is 6.08. The third-order valence-electron chi connectivity index (χ3n) is 8.53. The number of amides is 4. The first-order valence-electron chi connectivity index (χ1n) is 15.1. The molecular weight excluding hydrogens is 548 g/mol. The normalized spacial score (nSPS) is 22.2. The van der Waals surface area contributed by atoms with E-state index in [1.54, 1.807) is 19.1 Å². The van der Waals surface area contributed by atoms with Crippen LogP contribution in [-0.4, -0.2) is 86.5 Å². The molecule has 4 rings (SSSR count). The van der Waals surface area contributed by atoms with E-state index in [9.17, 15) is 19.2 Å². The van der Waals surface area contributed by atoms with E-state index in [0.717, 1.165) is 16.9 Å². The van der Waals surface area contributed by atoms with Gasteiger partial charge < -0.3 is 36.6 Å². The average Bonchev–Trinajstić information content (AvgIpc) is 3.42. The summed E-state index contributed by atoms with van der Waals surface area (Å²) in [5, 5.41) is 11.9. The zero-order valence-corrected chi connectivity index (χ0v) is 25.0. The number of nitrogens with two attached hydrogens (primary N) is 1. The second-order valence-corrected chi connectivity index (χ2v) is 11.2. The quantitative estimate of drug-likeness (QED) is 0.227. The first-order valence-corrected chi connectivity index (χ1v) is 15.1. The SMILES string of the molecule is CN[C@H](Cc1ccccc1)C(=O)N[C@@H]1C(=O)N2[C@@H](CC[C@@H]1CNC(=O)CN)CC[C@H]2C(=O)NCCc1ccc(OC)cc1. The highest BCUT2D eigenvalue weighted by Crippen LogP contribution is 2.34. The van der Waals surface area contributed by atoms with Crippen molar-refractivity contribution >= 4 is 23.6 Å². The molecule has 2 aromatic rings. The number of nitrogens with zero attached hydrogens (tertiary/aromatic N) is 1. The summed E-state index contributed by atoms with van der Waals surface area (Å²) in [5.41, 5.74) is 7.55. The minimum Gasteiger partial charge on any atom is -0.497 e. The lowest BCUT2D eigenvalue weighted by Crippen LogP contribution is -2.59. The van der Waals surface area contributed by atoms with Crippen LogP contribution >= 0.6 is 0 Å². The summed E-state index contributed by atoms with van der Waals surface area (Å²) in [6.45, 7) is 0.477.